The van der Waals surface area contributed by atoms with E-state index in [2.05, 4.69) is 4.98 Å². The number of hydrogen-bond donors (Lipinski definition) is 1. The Labute approximate surface area is 152 Å². The third-order valence-corrected chi connectivity index (χ3v) is 3.87. The molecule has 7 nitrogen and oxygen atoms in total. The Balaban J connectivity index is 2.32. The Kier molecular flexibility index (Phi) is 6.53. The van der Waals surface area contributed by atoms with Crippen LogP contribution in [0.5, 0.6) is 11.5 Å². The second-order valence-electron chi connectivity index (χ2n) is 5.97. The van der Waals surface area contributed by atoms with E-state index in [0.717, 1.165) is 10.5 Å². The quantitative estimate of drug-likeness (QED) is 0.782. The van der Waals surface area contributed by atoms with Gasteiger partial charge in [-0.25, -0.2) is 0 Å². The van der Waals surface area contributed by atoms with Crippen molar-refractivity contribution in [3.05, 3.63) is 57.9 Å². The first-order valence-corrected chi connectivity index (χ1v) is 8.18. The molecule has 0 aliphatic heterocycles. The summed E-state index contributed by atoms with van der Waals surface area (Å²) < 4.78 is 12.4. The predicted molar refractivity (Wildman–Crippen MR) is 98.3 cm³/mol. The van der Waals surface area contributed by atoms with Gasteiger partial charge in [-0.15, -0.1) is 0 Å². The van der Waals surface area contributed by atoms with Gasteiger partial charge < -0.3 is 18.9 Å². The van der Waals surface area contributed by atoms with Crippen molar-refractivity contribution in [3.63, 3.8) is 0 Å². The van der Waals surface area contributed by atoms with E-state index >= 15 is 0 Å². The number of nitriles is 1. The number of methoxy groups -OCH3 is 2. The molecule has 0 spiro atoms. The molecule has 1 aromatic heterocycles. The maximum Gasteiger partial charge on any atom is 0.291 e. The van der Waals surface area contributed by atoms with Crippen molar-refractivity contribution in [2.75, 3.05) is 28.3 Å². The molecule has 0 atom stereocenters. The predicted octanol–water partition coefficient (Wildman–Crippen LogP) is 0.490. The first-order chi connectivity index (χ1) is 12.5. The van der Waals surface area contributed by atoms with Gasteiger partial charge in [0.25, 0.3) is 5.56 Å². The molecule has 1 N–H and O–H groups in total. The average molecular weight is 355 g/mol. The van der Waals surface area contributed by atoms with Crippen molar-refractivity contribution in [2.45, 2.75) is 13.0 Å². The zero-order chi connectivity index (χ0) is 19.1. The lowest BCUT2D eigenvalue weighted by molar-refractivity contribution is -0.800. The molecule has 0 saturated carbocycles. The lowest BCUT2D eigenvalue weighted by Gasteiger charge is -2.13. The van der Waals surface area contributed by atoms with Crippen LogP contribution in [0.2, 0.25) is 0 Å². The summed E-state index contributed by atoms with van der Waals surface area (Å²) in [6.45, 7) is 0.569. The number of nitrogens with zero attached hydrogens (tertiary/aromatic N) is 3. The van der Waals surface area contributed by atoms with Crippen LogP contribution in [0, 0.1) is 11.3 Å². The number of aromatic nitrogens is 2. The van der Waals surface area contributed by atoms with Crippen LogP contribution in [0.25, 0.3) is 6.08 Å². The summed E-state index contributed by atoms with van der Waals surface area (Å²) in [6.07, 6.45) is 5.83. The number of rotatable bonds is 7. The Morgan fingerprint density at radius 1 is 1.27 bits per heavy atom. The van der Waals surface area contributed by atoms with Crippen molar-refractivity contribution >= 4 is 6.08 Å². The maximum absolute atomic E-state index is 11.9. The summed E-state index contributed by atoms with van der Waals surface area (Å²) in [7, 11) is 7.10. The van der Waals surface area contributed by atoms with Crippen LogP contribution < -0.4 is 19.9 Å². The van der Waals surface area contributed by atoms with E-state index in [1.165, 1.54) is 6.33 Å². The molecule has 2 rings (SSSR count). The molecule has 1 heterocycles. The fourth-order valence-corrected chi connectivity index (χ4v) is 2.50. The number of quaternary nitrogens is 1. The number of hydrogen-bond acceptors (Lipinski definition) is 5. The smallest absolute Gasteiger partial charge is 0.291 e. The Morgan fingerprint density at radius 2 is 2.00 bits per heavy atom. The van der Waals surface area contributed by atoms with E-state index in [4.69, 9.17) is 9.47 Å². The molecule has 0 unspecified atom stereocenters. The lowest BCUT2D eigenvalue weighted by Crippen LogP contribution is -3.00. The molecule has 136 valence electrons. The van der Waals surface area contributed by atoms with Gasteiger partial charge in [-0.2, -0.15) is 10.2 Å². The van der Waals surface area contributed by atoms with Crippen LogP contribution in [-0.2, 0) is 13.0 Å². The Hall–Kier alpha value is -3.11. The summed E-state index contributed by atoms with van der Waals surface area (Å²) in [4.78, 5) is 16.8. The third-order valence-electron chi connectivity index (χ3n) is 3.87. The van der Waals surface area contributed by atoms with Crippen LogP contribution in [-0.4, -0.2) is 37.9 Å². The summed E-state index contributed by atoms with van der Waals surface area (Å²) in [5.74, 6) is 1.34. The van der Waals surface area contributed by atoms with Gasteiger partial charge in [0.2, 0.25) is 0 Å². The van der Waals surface area contributed by atoms with Crippen LogP contribution in [0.3, 0.4) is 0 Å². The minimum atomic E-state index is -0.511. The largest absolute Gasteiger partial charge is 0.493 e. The molecular formula is C19H23N4O3+. The number of nitrogens with one attached hydrogen (secondary N) is 1. The van der Waals surface area contributed by atoms with E-state index in [-0.39, 0.29) is 5.56 Å². The SMILES string of the molecule is COc1ccc(CCn2cnc(=O)c(C#N)c2/C=C/[NH+](C)C)cc1OC. The first-order valence-electron chi connectivity index (χ1n) is 8.18. The normalized spacial score (nSPS) is 10.9. The van der Waals surface area contributed by atoms with Gasteiger partial charge in [-0.1, -0.05) is 6.07 Å². The van der Waals surface area contributed by atoms with Crippen molar-refractivity contribution in [1.29, 1.82) is 5.26 Å². The average Bonchev–Trinajstić information content (AvgIpc) is 2.64. The molecule has 0 fully saturated rings. The molecule has 0 radical (unpaired) electrons. The van der Waals surface area contributed by atoms with Crippen molar-refractivity contribution in [1.82, 2.24) is 9.55 Å². The van der Waals surface area contributed by atoms with E-state index in [1.54, 1.807) is 20.3 Å². The molecule has 0 bridgehead atoms. The van der Waals surface area contributed by atoms with Crippen LogP contribution in [0.15, 0.2) is 35.5 Å². The molecule has 0 aliphatic carbocycles. The van der Waals surface area contributed by atoms with Crippen molar-refractivity contribution < 1.29 is 14.4 Å². The van der Waals surface area contributed by atoms with Crippen molar-refractivity contribution in [3.8, 4) is 17.6 Å². The van der Waals surface area contributed by atoms with Gasteiger partial charge in [0.1, 0.15) is 11.6 Å². The Morgan fingerprint density at radius 3 is 2.62 bits per heavy atom. The summed E-state index contributed by atoms with van der Waals surface area (Å²) >= 11 is 0. The molecule has 26 heavy (non-hydrogen) atoms. The van der Waals surface area contributed by atoms with Crippen LogP contribution in [0.1, 0.15) is 16.8 Å². The highest BCUT2D eigenvalue weighted by molar-refractivity contribution is 5.52. The molecule has 2 aromatic rings. The number of aryl methyl sites for hydroxylation is 2. The molecule has 1 aromatic carbocycles. The summed E-state index contributed by atoms with van der Waals surface area (Å²) in [5.41, 5.74) is 1.16. The van der Waals surface area contributed by atoms with Gasteiger partial charge in [0.15, 0.2) is 11.5 Å². The fraction of sp³-hybridized carbons (Fsp3) is 0.316. The van der Waals surface area contributed by atoms with Crippen LogP contribution in [0.4, 0.5) is 0 Å². The Bertz CT molecular complexity index is 895. The molecule has 7 heteroatoms. The zero-order valence-electron chi connectivity index (χ0n) is 15.4. The lowest BCUT2D eigenvalue weighted by atomic mass is 10.1. The van der Waals surface area contributed by atoms with E-state index < -0.39 is 5.56 Å². The highest BCUT2D eigenvalue weighted by Crippen LogP contribution is 2.27. The third kappa shape index (κ3) is 4.49. The standard InChI is InChI=1S/C19H22N4O3/c1-22(2)9-8-16-15(12-20)19(24)21-13-23(16)10-7-14-5-6-17(25-3)18(11-14)26-4/h5-6,8-9,11,13H,7,10H2,1-4H3/p+1/b9-8+. The van der Waals surface area contributed by atoms with Crippen molar-refractivity contribution in [2.24, 2.45) is 0 Å². The monoisotopic (exact) mass is 355 g/mol. The van der Waals surface area contributed by atoms with E-state index in [1.807, 2.05) is 49.1 Å². The van der Waals surface area contributed by atoms with Gasteiger partial charge in [-0.3, -0.25) is 4.79 Å². The van der Waals surface area contributed by atoms with Gasteiger partial charge in [0, 0.05) is 12.6 Å². The van der Waals surface area contributed by atoms with E-state index in [9.17, 15) is 10.1 Å². The molecule has 0 aliphatic rings. The molecule has 0 amide bonds. The number of benzene rings is 1. The summed E-state index contributed by atoms with van der Waals surface area (Å²) in [6, 6.07) is 7.70. The van der Waals surface area contributed by atoms with Gasteiger partial charge >= 0.3 is 0 Å². The van der Waals surface area contributed by atoms with E-state index in [0.29, 0.717) is 30.2 Å². The highest BCUT2D eigenvalue weighted by Gasteiger charge is 2.11. The minimum absolute atomic E-state index is 0.0531. The minimum Gasteiger partial charge on any atom is -0.493 e. The first kappa shape index (κ1) is 19.2. The second kappa shape index (κ2) is 8.83. The summed E-state index contributed by atoms with van der Waals surface area (Å²) in [5, 5.41) is 9.33. The van der Waals surface area contributed by atoms with Gasteiger partial charge in [-0.05, 0) is 24.1 Å². The number of ether oxygens (including phenoxy) is 2. The highest BCUT2D eigenvalue weighted by atomic mass is 16.5. The molecular weight excluding hydrogens is 332 g/mol. The zero-order valence-corrected chi connectivity index (χ0v) is 15.4. The maximum atomic E-state index is 11.9. The fourth-order valence-electron chi connectivity index (χ4n) is 2.50. The molecule has 0 saturated heterocycles. The van der Waals surface area contributed by atoms with Gasteiger partial charge in [0.05, 0.1) is 46.5 Å². The van der Waals surface area contributed by atoms with Crippen LogP contribution >= 0.6 is 0 Å². The topological polar surface area (TPSA) is 81.6 Å². The second-order valence-corrected chi connectivity index (χ2v) is 5.97.